The highest BCUT2D eigenvalue weighted by molar-refractivity contribution is 9.10. The van der Waals surface area contributed by atoms with Crippen molar-refractivity contribution in [2.24, 2.45) is 0 Å². The maximum atomic E-state index is 12.6. The first-order valence-corrected chi connectivity index (χ1v) is 11.4. The number of ether oxygens (including phenoxy) is 2. The summed E-state index contributed by atoms with van der Waals surface area (Å²) in [6.45, 7) is 4.52. The van der Waals surface area contributed by atoms with Gasteiger partial charge in [0.25, 0.3) is 5.91 Å². The second kappa shape index (κ2) is 11.6. The summed E-state index contributed by atoms with van der Waals surface area (Å²) in [5, 5.41) is 12.6. The molecule has 5 nitrogen and oxygen atoms in total. The molecule has 0 aliphatic rings. The van der Waals surface area contributed by atoms with Gasteiger partial charge in [-0.2, -0.15) is 5.26 Å². The third kappa shape index (κ3) is 6.85. The molecule has 0 fully saturated rings. The van der Waals surface area contributed by atoms with Gasteiger partial charge in [0.1, 0.15) is 18.2 Å². The minimum absolute atomic E-state index is 0.0578. The molecule has 0 saturated carbocycles. The van der Waals surface area contributed by atoms with Crippen molar-refractivity contribution in [3.8, 4) is 17.6 Å². The fourth-order valence-electron chi connectivity index (χ4n) is 2.96. The number of benzene rings is 3. The van der Waals surface area contributed by atoms with Gasteiger partial charge in [-0.15, -0.1) is 0 Å². The lowest BCUT2D eigenvalue weighted by Crippen LogP contribution is -2.13. The minimum Gasteiger partial charge on any atom is -0.490 e. The molecular weight excluding hydrogens is 504 g/mol. The van der Waals surface area contributed by atoms with Crippen LogP contribution in [0.4, 0.5) is 5.69 Å². The smallest absolute Gasteiger partial charge is 0.266 e. The van der Waals surface area contributed by atoms with Crippen LogP contribution < -0.4 is 14.8 Å². The van der Waals surface area contributed by atoms with E-state index in [0.717, 1.165) is 15.6 Å². The quantitative estimate of drug-likeness (QED) is 0.256. The lowest BCUT2D eigenvalue weighted by Gasteiger charge is -2.15. The topological polar surface area (TPSA) is 71.3 Å². The summed E-state index contributed by atoms with van der Waals surface area (Å²) >= 11 is 9.90. The number of carbonyl (C=O) groups is 1. The first-order chi connectivity index (χ1) is 15.9. The fraction of sp³-hybridized carbons (Fsp3) is 0.154. The Labute approximate surface area is 206 Å². The van der Waals surface area contributed by atoms with Crippen LogP contribution in [0.25, 0.3) is 6.08 Å². The number of hydrogen-bond donors (Lipinski definition) is 1. The fourth-order valence-corrected chi connectivity index (χ4v) is 3.50. The van der Waals surface area contributed by atoms with Crippen LogP contribution in [0.5, 0.6) is 11.5 Å². The van der Waals surface area contributed by atoms with Gasteiger partial charge < -0.3 is 14.8 Å². The Kier molecular flexibility index (Phi) is 8.53. The Bertz CT molecular complexity index is 1200. The second-order valence-electron chi connectivity index (χ2n) is 7.17. The van der Waals surface area contributed by atoms with Crippen LogP contribution in [0.2, 0.25) is 5.02 Å². The van der Waals surface area contributed by atoms with Gasteiger partial charge in [0.15, 0.2) is 11.5 Å². The number of rotatable bonds is 8. The van der Waals surface area contributed by atoms with Crippen molar-refractivity contribution < 1.29 is 14.3 Å². The summed E-state index contributed by atoms with van der Waals surface area (Å²) in [4.78, 5) is 12.6. The maximum Gasteiger partial charge on any atom is 0.266 e. The summed E-state index contributed by atoms with van der Waals surface area (Å²) in [5.74, 6) is 0.330. The summed E-state index contributed by atoms with van der Waals surface area (Å²) in [6, 6.07) is 20.4. The predicted octanol–water partition coefficient (Wildman–Crippen LogP) is 6.93. The highest BCUT2D eigenvalue weighted by Gasteiger charge is 2.15. The number of nitrogens with one attached hydrogen (secondary N) is 1. The Morgan fingerprint density at radius 3 is 2.45 bits per heavy atom. The van der Waals surface area contributed by atoms with Crippen LogP contribution in [0.15, 0.2) is 70.7 Å². The van der Waals surface area contributed by atoms with Crippen molar-refractivity contribution in [1.29, 1.82) is 5.26 Å². The molecule has 33 heavy (non-hydrogen) atoms. The molecular formula is C26H22BrClN2O3. The average Bonchev–Trinajstić information content (AvgIpc) is 2.79. The molecule has 168 valence electrons. The monoisotopic (exact) mass is 524 g/mol. The summed E-state index contributed by atoms with van der Waals surface area (Å²) in [7, 11) is 0. The molecule has 7 heteroatoms. The van der Waals surface area contributed by atoms with Gasteiger partial charge in [-0.1, -0.05) is 57.4 Å². The highest BCUT2D eigenvalue weighted by atomic mass is 79.9. The van der Waals surface area contributed by atoms with Gasteiger partial charge in [0.2, 0.25) is 0 Å². The van der Waals surface area contributed by atoms with E-state index in [1.807, 2.05) is 56.3 Å². The molecule has 3 aromatic rings. The van der Waals surface area contributed by atoms with E-state index in [9.17, 15) is 10.1 Å². The van der Waals surface area contributed by atoms with Gasteiger partial charge >= 0.3 is 0 Å². The Morgan fingerprint density at radius 1 is 1.12 bits per heavy atom. The van der Waals surface area contributed by atoms with E-state index in [-0.39, 0.29) is 5.57 Å². The van der Waals surface area contributed by atoms with Crippen molar-refractivity contribution in [2.75, 3.05) is 11.9 Å². The first kappa shape index (κ1) is 24.4. The zero-order valence-electron chi connectivity index (χ0n) is 18.2. The van der Waals surface area contributed by atoms with Crippen LogP contribution in [0, 0.1) is 18.3 Å². The Balaban J connectivity index is 1.83. The van der Waals surface area contributed by atoms with Crippen LogP contribution in [-0.2, 0) is 11.4 Å². The highest BCUT2D eigenvalue weighted by Crippen LogP contribution is 2.38. The minimum atomic E-state index is -0.508. The zero-order chi connectivity index (χ0) is 23.8. The van der Waals surface area contributed by atoms with Crippen molar-refractivity contribution in [1.82, 2.24) is 0 Å². The van der Waals surface area contributed by atoms with Crippen LogP contribution in [0.1, 0.15) is 23.6 Å². The van der Waals surface area contributed by atoms with Crippen molar-refractivity contribution in [3.05, 3.63) is 92.4 Å². The van der Waals surface area contributed by atoms with Crippen LogP contribution in [-0.4, -0.2) is 12.5 Å². The van der Waals surface area contributed by atoms with E-state index in [1.54, 1.807) is 24.3 Å². The third-order valence-corrected chi connectivity index (χ3v) is 5.42. The molecule has 0 saturated heterocycles. The number of nitriles is 1. The van der Waals surface area contributed by atoms with E-state index < -0.39 is 5.91 Å². The molecule has 0 radical (unpaired) electrons. The summed E-state index contributed by atoms with van der Waals surface area (Å²) < 4.78 is 12.6. The van der Waals surface area contributed by atoms with Crippen molar-refractivity contribution in [2.45, 2.75) is 20.5 Å². The molecule has 3 aromatic carbocycles. The molecule has 0 bridgehead atoms. The average molecular weight is 526 g/mol. The SMILES string of the molecule is CCOc1cc(/C=C(\C#N)C(=O)Nc2ccc(C)cc2)cc(Cl)c1OCc1ccc(Br)cc1. The maximum absolute atomic E-state index is 12.6. The standard InChI is InChI=1S/C26H22BrClN2O3/c1-3-32-24-14-19(12-20(15-29)26(31)30-22-10-4-17(2)5-11-22)13-23(28)25(24)33-16-18-6-8-21(27)9-7-18/h4-14H,3,16H2,1-2H3,(H,30,31)/b20-12+. The molecule has 0 atom stereocenters. The number of aryl methyl sites for hydroxylation is 1. The number of amides is 1. The second-order valence-corrected chi connectivity index (χ2v) is 8.49. The van der Waals surface area contributed by atoms with Gasteiger partial charge in [-0.3, -0.25) is 4.79 Å². The third-order valence-electron chi connectivity index (χ3n) is 4.61. The van der Waals surface area contributed by atoms with Gasteiger partial charge in [0.05, 0.1) is 11.6 Å². The predicted molar refractivity (Wildman–Crippen MR) is 134 cm³/mol. The molecule has 1 amide bonds. The van der Waals surface area contributed by atoms with Crippen molar-refractivity contribution >= 4 is 45.2 Å². The number of halogens is 2. The van der Waals surface area contributed by atoms with Crippen LogP contribution in [0.3, 0.4) is 0 Å². The lowest BCUT2D eigenvalue weighted by molar-refractivity contribution is -0.112. The summed E-state index contributed by atoms with van der Waals surface area (Å²) in [6.07, 6.45) is 1.47. The number of carbonyl (C=O) groups excluding carboxylic acids is 1. The molecule has 0 heterocycles. The molecule has 0 spiro atoms. The van der Waals surface area contributed by atoms with Crippen molar-refractivity contribution in [3.63, 3.8) is 0 Å². The molecule has 1 N–H and O–H groups in total. The molecule has 0 aliphatic heterocycles. The molecule has 0 aliphatic carbocycles. The molecule has 0 unspecified atom stereocenters. The number of anilines is 1. The zero-order valence-corrected chi connectivity index (χ0v) is 20.5. The van der Waals surface area contributed by atoms with Gasteiger partial charge in [-0.05, 0) is 67.4 Å². The van der Waals surface area contributed by atoms with E-state index in [4.69, 9.17) is 21.1 Å². The van der Waals surface area contributed by atoms with E-state index in [1.165, 1.54) is 6.08 Å². The lowest BCUT2D eigenvalue weighted by atomic mass is 10.1. The Morgan fingerprint density at radius 2 is 1.82 bits per heavy atom. The van der Waals surface area contributed by atoms with E-state index >= 15 is 0 Å². The van der Waals surface area contributed by atoms with Gasteiger partial charge in [0, 0.05) is 10.2 Å². The number of nitrogens with zero attached hydrogens (tertiary/aromatic N) is 1. The van der Waals surface area contributed by atoms with E-state index in [0.29, 0.717) is 41.0 Å². The number of hydrogen-bond acceptors (Lipinski definition) is 4. The van der Waals surface area contributed by atoms with Gasteiger partial charge in [-0.25, -0.2) is 0 Å². The molecule has 3 rings (SSSR count). The normalized spacial score (nSPS) is 10.9. The summed E-state index contributed by atoms with van der Waals surface area (Å²) in [5.41, 5.74) is 3.15. The molecule has 0 aromatic heterocycles. The largest absolute Gasteiger partial charge is 0.490 e. The van der Waals surface area contributed by atoms with Crippen LogP contribution >= 0.6 is 27.5 Å². The van der Waals surface area contributed by atoms with E-state index in [2.05, 4.69) is 21.2 Å². The Hall–Kier alpha value is -3.27. The first-order valence-electron chi connectivity index (χ1n) is 10.2.